The summed E-state index contributed by atoms with van der Waals surface area (Å²) in [4.78, 5) is 1.17. The largest absolute Gasteiger partial charge is 0.394 e. The number of thioether (sulfide) groups is 1. The lowest BCUT2D eigenvalue weighted by Crippen LogP contribution is -2.60. The smallest absolute Gasteiger partial charge is 0.111 e. The molecular formula is C21H23ClO5S. The van der Waals surface area contributed by atoms with Crippen molar-refractivity contribution in [2.24, 2.45) is 0 Å². The van der Waals surface area contributed by atoms with Crippen molar-refractivity contribution >= 4 is 23.4 Å². The molecule has 7 heteroatoms. The number of aliphatic hydroxyl groups excluding tert-OH is 4. The molecule has 0 aliphatic carbocycles. The summed E-state index contributed by atoms with van der Waals surface area (Å²) < 4.78 is 5.77. The number of hydrogen-bond donors (Lipinski definition) is 4. The number of halogens is 1. The summed E-state index contributed by atoms with van der Waals surface area (Å²) in [7, 11) is 0. The lowest BCUT2D eigenvalue weighted by atomic mass is 9.91. The van der Waals surface area contributed by atoms with Crippen LogP contribution >= 0.6 is 23.4 Å². The van der Waals surface area contributed by atoms with Gasteiger partial charge in [-0.2, -0.15) is 0 Å². The van der Waals surface area contributed by atoms with Crippen LogP contribution in [-0.4, -0.2) is 62.8 Å². The molecule has 0 saturated carbocycles. The Bertz CT molecular complexity index is 828. The highest BCUT2D eigenvalue weighted by atomic mass is 35.5. The van der Waals surface area contributed by atoms with E-state index < -0.39 is 37.1 Å². The van der Waals surface area contributed by atoms with Crippen LogP contribution in [0.15, 0.2) is 47.4 Å². The Morgan fingerprint density at radius 2 is 1.75 bits per heavy atom. The zero-order chi connectivity index (χ0) is 19.8. The van der Waals surface area contributed by atoms with E-state index in [1.165, 1.54) is 16.0 Å². The van der Waals surface area contributed by atoms with Gasteiger partial charge < -0.3 is 25.2 Å². The molecule has 0 spiro atoms. The number of fused-ring (bicyclic) bond motifs is 1. The third kappa shape index (κ3) is 3.83. The van der Waals surface area contributed by atoms with Crippen LogP contribution in [0.4, 0.5) is 0 Å². The summed E-state index contributed by atoms with van der Waals surface area (Å²) in [5, 5.41) is 40.6. The van der Waals surface area contributed by atoms with Crippen molar-refractivity contribution in [3.05, 3.63) is 64.2 Å². The van der Waals surface area contributed by atoms with Crippen LogP contribution in [0.5, 0.6) is 0 Å². The minimum absolute atomic E-state index is 0.104. The summed E-state index contributed by atoms with van der Waals surface area (Å²) in [5.74, 6) is 0. The summed E-state index contributed by atoms with van der Waals surface area (Å²) in [5.41, 5.74) is 3.53. The summed E-state index contributed by atoms with van der Waals surface area (Å²) in [6.07, 6.45) is -3.95. The molecule has 1 unspecified atom stereocenters. The second-order valence-electron chi connectivity index (χ2n) is 7.36. The molecule has 0 aromatic heterocycles. The second kappa shape index (κ2) is 8.32. The van der Waals surface area contributed by atoms with Crippen molar-refractivity contribution in [2.75, 3.05) is 6.61 Å². The van der Waals surface area contributed by atoms with E-state index in [9.17, 15) is 20.4 Å². The predicted molar refractivity (Wildman–Crippen MR) is 108 cm³/mol. The minimum atomic E-state index is -1.34. The Hall–Kier alpha value is -1.12. The molecular weight excluding hydrogens is 400 g/mol. The molecule has 28 heavy (non-hydrogen) atoms. The van der Waals surface area contributed by atoms with Crippen LogP contribution in [0.3, 0.4) is 0 Å². The van der Waals surface area contributed by atoms with Crippen LogP contribution in [0.1, 0.15) is 16.7 Å². The monoisotopic (exact) mass is 422 g/mol. The molecule has 2 heterocycles. The molecule has 0 bridgehead atoms. The topological polar surface area (TPSA) is 90.2 Å². The van der Waals surface area contributed by atoms with E-state index in [4.69, 9.17) is 16.3 Å². The first-order valence-corrected chi connectivity index (χ1v) is 10.6. The summed E-state index contributed by atoms with van der Waals surface area (Å²) >= 11 is 7.60. The fourth-order valence-corrected chi connectivity index (χ4v) is 5.59. The van der Waals surface area contributed by atoms with E-state index in [1.807, 2.05) is 30.3 Å². The first-order valence-electron chi connectivity index (χ1n) is 9.30. The zero-order valence-corrected chi connectivity index (χ0v) is 16.7. The highest BCUT2D eigenvalue weighted by Crippen LogP contribution is 2.44. The first kappa shape index (κ1) is 20.2. The van der Waals surface area contributed by atoms with Gasteiger partial charge in [0.05, 0.1) is 12.7 Å². The Morgan fingerprint density at radius 3 is 2.46 bits per heavy atom. The van der Waals surface area contributed by atoms with E-state index in [-0.39, 0.29) is 5.25 Å². The molecule has 4 N–H and O–H groups in total. The molecule has 5 nitrogen and oxygen atoms in total. The maximum absolute atomic E-state index is 10.4. The molecule has 0 amide bonds. The van der Waals surface area contributed by atoms with E-state index in [2.05, 4.69) is 12.1 Å². The third-order valence-corrected chi connectivity index (χ3v) is 7.22. The van der Waals surface area contributed by atoms with Crippen molar-refractivity contribution in [2.45, 2.75) is 53.5 Å². The molecule has 1 fully saturated rings. The van der Waals surface area contributed by atoms with Gasteiger partial charge in [0.25, 0.3) is 0 Å². The quantitative estimate of drug-likeness (QED) is 0.600. The van der Waals surface area contributed by atoms with Gasteiger partial charge in [-0.1, -0.05) is 41.9 Å². The molecule has 6 atom stereocenters. The van der Waals surface area contributed by atoms with Crippen LogP contribution < -0.4 is 0 Å². The molecule has 2 aliphatic heterocycles. The SMILES string of the molecule is OC[C@H]1O[C@@H](C2Cc3cccc(Cc4ccc(Cl)cc4)c3S2)[C@H](O)[C@@H](O)[C@@H]1O. The van der Waals surface area contributed by atoms with Gasteiger partial charge >= 0.3 is 0 Å². The van der Waals surface area contributed by atoms with Gasteiger partial charge in [-0.05, 0) is 41.7 Å². The number of hydrogen-bond acceptors (Lipinski definition) is 6. The van der Waals surface area contributed by atoms with Gasteiger partial charge in [0.2, 0.25) is 0 Å². The summed E-state index contributed by atoms with van der Waals surface area (Å²) in [6, 6.07) is 14.0. The number of benzene rings is 2. The van der Waals surface area contributed by atoms with Crippen molar-refractivity contribution in [1.29, 1.82) is 0 Å². The standard InChI is InChI=1S/C21H23ClO5S/c22-14-6-4-11(5-7-14)8-12-2-1-3-13-9-16(28-21(12)13)20-19(26)18(25)17(24)15(10-23)27-20/h1-7,15-20,23-26H,8-10H2/t15-,16?,17-,18+,19-,20+/m1/s1. The first-order chi connectivity index (χ1) is 13.5. The fourth-order valence-electron chi connectivity index (χ4n) is 3.94. The average molecular weight is 423 g/mol. The van der Waals surface area contributed by atoms with Crippen LogP contribution in [-0.2, 0) is 17.6 Å². The van der Waals surface area contributed by atoms with Crippen LogP contribution in [0, 0.1) is 0 Å². The molecule has 2 aromatic carbocycles. The van der Waals surface area contributed by atoms with Crippen LogP contribution in [0.2, 0.25) is 5.02 Å². The fraction of sp³-hybridized carbons (Fsp3) is 0.429. The average Bonchev–Trinajstić information content (AvgIpc) is 3.13. The Labute approximate surface area is 172 Å². The Morgan fingerprint density at radius 1 is 1.00 bits per heavy atom. The van der Waals surface area contributed by atoms with E-state index in [0.717, 1.165) is 12.0 Å². The van der Waals surface area contributed by atoms with Crippen LogP contribution in [0.25, 0.3) is 0 Å². The third-order valence-electron chi connectivity index (χ3n) is 5.47. The lowest BCUT2D eigenvalue weighted by Gasteiger charge is -2.42. The molecule has 2 aromatic rings. The molecule has 0 radical (unpaired) electrons. The number of aliphatic hydroxyl groups is 4. The molecule has 1 saturated heterocycles. The molecule has 2 aliphatic rings. The second-order valence-corrected chi connectivity index (χ2v) is 9.05. The number of rotatable bonds is 4. The maximum atomic E-state index is 10.4. The van der Waals surface area contributed by atoms with E-state index >= 15 is 0 Å². The Kier molecular flexibility index (Phi) is 5.99. The molecule has 4 rings (SSSR count). The predicted octanol–water partition coefficient (Wildman–Crippen LogP) is 1.79. The normalized spacial score (nSPS) is 32.3. The highest BCUT2D eigenvalue weighted by molar-refractivity contribution is 8.00. The van der Waals surface area contributed by atoms with Gasteiger partial charge in [-0.25, -0.2) is 0 Å². The van der Waals surface area contributed by atoms with Crippen molar-refractivity contribution in [3.63, 3.8) is 0 Å². The minimum Gasteiger partial charge on any atom is -0.394 e. The highest BCUT2D eigenvalue weighted by Gasteiger charge is 2.47. The van der Waals surface area contributed by atoms with Crippen molar-refractivity contribution in [3.8, 4) is 0 Å². The number of ether oxygens (including phenoxy) is 1. The Balaban J connectivity index is 1.54. The van der Waals surface area contributed by atoms with Gasteiger partial charge in [0.1, 0.15) is 24.4 Å². The molecule has 150 valence electrons. The van der Waals surface area contributed by atoms with Gasteiger partial charge in [-0.15, -0.1) is 11.8 Å². The lowest BCUT2D eigenvalue weighted by molar-refractivity contribution is -0.228. The van der Waals surface area contributed by atoms with Gasteiger partial charge in [0.15, 0.2) is 0 Å². The maximum Gasteiger partial charge on any atom is 0.111 e. The van der Waals surface area contributed by atoms with Gasteiger partial charge in [0, 0.05) is 15.2 Å². The summed E-state index contributed by atoms with van der Waals surface area (Å²) in [6.45, 7) is -0.409. The zero-order valence-electron chi connectivity index (χ0n) is 15.1. The van der Waals surface area contributed by atoms with Gasteiger partial charge in [-0.3, -0.25) is 0 Å². The van der Waals surface area contributed by atoms with Crippen molar-refractivity contribution in [1.82, 2.24) is 0 Å². The van der Waals surface area contributed by atoms with E-state index in [0.29, 0.717) is 11.4 Å². The van der Waals surface area contributed by atoms with E-state index in [1.54, 1.807) is 11.8 Å². The van der Waals surface area contributed by atoms with Crippen molar-refractivity contribution < 1.29 is 25.2 Å².